The molecule has 0 aliphatic heterocycles. The lowest BCUT2D eigenvalue weighted by Crippen LogP contribution is -2.06. The maximum absolute atomic E-state index is 12.1. The van der Waals surface area contributed by atoms with Gasteiger partial charge in [-0.25, -0.2) is 0 Å². The van der Waals surface area contributed by atoms with Gasteiger partial charge in [-0.05, 0) is 52.9 Å². The van der Waals surface area contributed by atoms with Gasteiger partial charge in [-0.15, -0.1) is 11.3 Å². The van der Waals surface area contributed by atoms with Crippen molar-refractivity contribution in [1.82, 2.24) is 0 Å². The Morgan fingerprint density at radius 3 is 2.33 bits per heavy atom. The highest BCUT2D eigenvalue weighted by atomic mass is 127. The third-order valence-electron chi connectivity index (χ3n) is 2.30. The minimum atomic E-state index is -0.124. The minimum Gasteiger partial charge on any atom is -0.326 e. The molecule has 3 nitrogen and oxygen atoms in total. The van der Waals surface area contributed by atoms with Gasteiger partial charge < -0.3 is 5.32 Å². The van der Waals surface area contributed by atoms with Crippen LogP contribution in [-0.2, 0) is 4.79 Å². The normalized spacial score (nSPS) is 10.1. The quantitative estimate of drug-likeness (QED) is 0.663. The maximum atomic E-state index is 12.1. The molecule has 0 atom stereocenters. The second-order valence-electron chi connectivity index (χ2n) is 3.73. The van der Waals surface area contributed by atoms with E-state index in [1.165, 1.54) is 6.92 Å². The summed E-state index contributed by atoms with van der Waals surface area (Å²) in [6, 6.07) is 8.77. The average Bonchev–Trinajstić information content (AvgIpc) is 2.75. The van der Waals surface area contributed by atoms with Crippen LogP contribution in [-0.4, -0.2) is 11.7 Å². The number of hydrogen-bond acceptors (Lipinski definition) is 3. The summed E-state index contributed by atoms with van der Waals surface area (Å²) in [6.45, 7) is 1.45. The van der Waals surface area contributed by atoms with Gasteiger partial charge >= 0.3 is 0 Å². The number of hydrogen-bond donors (Lipinski definition) is 1. The van der Waals surface area contributed by atoms with Gasteiger partial charge in [0.15, 0.2) is 5.78 Å². The molecule has 5 heteroatoms. The summed E-state index contributed by atoms with van der Waals surface area (Å²) in [5.74, 6) is -0.120. The highest BCUT2D eigenvalue weighted by Gasteiger charge is 2.10. The Hall–Kier alpha value is -1.21. The second kappa shape index (κ2) is 5.62. The molecule has 1 heterocycles. The SMILES string of the molecule is CC(=O)Nc1ccc(C(=O)c2csc(I)c2)cc1. The van der Waals surface area contributed by atoms with E-state index in [2.05, 4.69) is 27.9 Å². The van der Waals surface area contributed by atoms with Crippen LogP contribution in [0.1, 0.15) is 22.8 Å². The third kappa shape index (κ3) is 3.17. The number of halogens is 1. The van der Waals surface area contributed by atoms with Crippen LogP contribution in [0.2, 0.25) is 0 Å². The molecule has 1 aromatic carbocycles. The van der Waals surface area contributed by atoms with Crippen LogP contribution >= 0.6 is 33.9 Å². The second-order valence-corrected chi connectivity index (χ2v) is 6.53. The molecule has 0 saturated carbocycles. The molecule has 0 unspecified atom stereocenters. The van der Waals surface area contributed by atoms with E-state index in [9.17, 15) is 9.59 Å². The number of carbonyl (C=O) groups excluding carboxylic acids is 2. The van der Waals surface area contributed by atoms with Gasteiger partial charge in [-0.2, -0.15) is 0 Å². The van der Waals surface area contributed by atoms with Crippen LogP contribution in [0.3, 0.4) is 0 Å². The standard InChI is InChI=1S/C13H10INO2S/c1-8(16)15-11-4-2-9(3-5-11)13(17)10-6-12(14)18-7-10/h2-7H,1H3,(H,15,16). The monoisotopic (exact) mass is 371 g/mol. The number of nitrogens with one attached hydrogen (secondary N) is 1. The van der Waals surface area contributed by atoms with Crippen LogP contribution in [0, 0.1) is 2.88 Å². The van der Waals surface area contributed by atoms with Gasteiger partial charge in [-0.1, -0.05) is 0 Å². The predicted molar refractivity (Wildman–Crippen MR) is 81.2 cm³/mol. The van der Waals surface area contributed by atoms with Gasteiger partial charge in [0.1, 0.15) is 0 Å². The zero-order valence-corrected chi connectivity index (χ0v) is 12.5. The van der Waals surface area contributed by atoms with E-state index in [0.717, 1.165) is 2.88 Å². The summed E-state index contributed by atoms with van der Waals surface area (Å²) >= 11 is 3.74. The van der Waals surface area contributed by atoms with E-state index in [4.69, 9.17) is 0 Å². The highest BCUT2D eigenvalue weighted by molar-refractivity contribution is 14.1. The summed E-state index contributed by atoms with van der Waals surface area (Å²) in [4.78, 5) is 23.0. The first kappa shape index (κ1) is 13.2. The molecule has 1 N–H and O–H groups in total. The molecule has 2 aromatic rings. The van der Waals surface area contributed by atoms with Gasteiger partial charge in [0.25, 0.3) is 0 Å². The van der Waals surface area contributed by atoms with E-state index in [-0.39, 0.29) is 11.7 Å². The van der Waals surface area contributed by atoms with Crippen molar-refractivity contribution in [2.45, 2.75) is 6.92 Å². The molecule has 18 heavy (non-hydrogen) atoms. The largest absolute Gasteiger partial charge is 0.326 e. The number of amides is 1. The van der Waals surface area contributed by atoms with Crippen molar-refractivity contribution in [2.75, 3.05) is 5.32 Å². The summed E-state index contributed by atoms with van der Waals surface area (Å²) in [5.41, 5.74) is 2.02. The molecule has 0 fully saturated rings. The van der Waals surface area contributed by atoms with Gasteiger partial charge in [0.05, 0.1) is 2.88 Å². The number of ketones is 1. The zero-order valence-electron chi connectivity index (χ0n) is 9.57. The number of benzene rings is 1. The predicted octanol–water partition coefficient (Wildman–Crippen LogP) is 3.54. The van der Waals surface area contributed by atoms with Crippen LogP contribution in [0.5, 0.6) is 0 Å². The Morgan fingerprint density at radius 2 is 1.83 bits per heavy atom. The average molecular weight is 371 g/mol. The Balaban J connectivity index is 2.19. The fraction of sp³-hybridized carbons (Fsp3) is 0.0769. The van der Waals surface area contributed by atoms with E-state index in [0.29, 0.717) is 16.8 Å². The van der Waals surface area contributed by atoms with Crippen molar-refractivity contribution >= 4 is 51.3 Å². The van der Waals surface area contributed by atoms with E-state index < -0.39 is 0 Å². The fourth-order valence-corrected chi connectivity index (χ4v) is 2.83. The van der Waals surface area contributed by atoms with Crippen LogP contribution in [0.4, 0.5) is 5.69 Å². The van der Waals surface area contributed by atoms with Crippen molar-refractivity contribution in [3.05, 3.63) is 49.7 Å². The Bertz CT molecular complexity index is 589. The fourth-order valence-electron chi connectivity index (χ4n) is 1.50. The molecule has 0 aliphatic carbocycles. The lowest BCUT2D eigenvalue weighted by molar-refractivity contribution is -0.114. The summed E-state index contributed by atoms with van der Waals surface area (Å²) in [6.07, 6.45) is 0. The lowest BCUT2D eigenvalue weighted by Gasteiger charge is -2.03. The summed E-state index contributed by atoms with van der Waals surface area (Å²) < 4.78 is 1.09. The molecule has 0 spiro atoms. The first-order valence-corrected chi connectivity index (χ1v) is 7.18. The van der Waals surface area contributed by atoms with Gasteiger partial charge in [0, 0.05) is 29.1 Å². The van der Waals surface area contributed by atoms with Gasteiger partial charge in [-0.3, -0.25) is 9.59 Å². The number of rotatable bonds is 3. The molecule has 0 bridgehead atoms. The molecular formula is C13H10INO2S. The molecule has 0 saturated heterocycles. The third-order valence-corrected chi connectivity index (χ3v) is 4.09. The number of anilines is 1. The molecule has 2 rings (SSSR count). The summed E-state index contributed by atoms with van der Waals surface area (Å²) in [5, 5.41) is 4.52. The van der Waals surface area contributed by atoms with E-state index in [1.807, 2.05) is 11.4 Å². The van der Waals surface area contributed by atoms with Crippen molar-refractivity contribution in [3.8, 4) is 0 Å². The molecule has 92 valence electrons. The Labute approximate surface area is 122 Å². The molecule has 0 aliphatic rings. The minimum absolute atomic E-state index is 0.00328. The van der Waals surface area contributed by atoms with Crippen LogP contribution in [0.15, 0.2) is 35.7 Å². The maximum Gasteiger partial charge on any atom is 0.221 e. The summed E-state index contributed by atoms with van der Waals surface area (Å²) in [7, 11) is 0. The van der Waals surface area contributed by atoms with E-state index >= 15 is 0 Å². The van der Waals surface area contributed by atoms with Crippen LogP contribution in [0.25, 0.3) is 0 Å². The van der Waals surface area contributed by atoms with Crippen LogP contribution < -0.4 is 5.32 Å². The van der Waals surface area contributed by atoms with Crippen molar-refractivity contribution < 1.29 is 9.59 Å². The Morgan fingerprint density at radius 1 is 1.17 bits per heavy atom. The first-order valence-electron chi connectivity index (χ1n) is 5.22. The topological polar surface area (TPSA) is 46.2 Å². The zero-order chi connectivity index (χ0) is 13.1. The molecular weight excluding hydrogens is 361 g/mol. The number of carbonyl (C=O) groups is 2. The van der Waals surface area contributed by atoms with Gasteiger partial charge in [0.2, 0.25) is 5.91 Å². The van der Waals surface area contributed by atoms with Crippen molar-refractivity contribution in [2.24, 2.45) is 0 Å². The van der Waals surface area contributed by atoms with Crippen molar-refractivity contribution in [3.63, 3.8) is 0 Å². The van der Waals surface area contributed by atoms with Crippen molar-refractivity contribution in [1.29, 1.82) is 0 Å². The van der Waals surface area contributed by atoms with E-state index in [1.54, 1.807) is 35.6 Å². The lowest BCUT2D eigenvalue weighted by atomic mass is 10.1. The first-order chi connectivity index (χ1) is 8.56. The number of thiophene rings is 1. The smallest absolute Gasteiger partial charge is 0.221 e. The molecule has 1 amide bonds. The molecule has 0 radical (unpaired) electrons. The Kier molecular flexibility index (Phi) is 4.13. The highest BCUT2D eigenvalue weighted by Crippen LogP contribution is 2.20. The molecule has 1 aromatic heterocycles.